The fraction of sp³-hybridized carbons (Fsp3) is 0.333. The lowest BCUT2D eigenvalue weighted by Crippen LogP contribution is -2.66. The van der Waals surface area contributed by atoms with E-state index in [4.69, 9.17) is 4.74 Å². The smallest absolute Gasteiger partial charge is 0.352 e. The number of hydrogen-bond acceptors (Lipinski definition) is 2. The first-order chi connectivity index (χ1) is 12.1. The zero-order chi connectivity index (χ0) is 18.0. The summed E-state index contributed by atoms with van der Waals surface area (Å²) in [6.07, 6.45) is 0. The summed E-state index contributed by atoms with van der Waals surface area (Å²) in [7, 11) is 5.51. The van der Waals surface area contributed by atoms with E-state index >= 15 is 0 Å². The Morgan fingerprint density at radius 3 is 1.88 bits per heavy atom. The highest BCUT2D eigenvalue weighted by atomic mass is 16.5. The molecular formula is C21H25N2O2+. The second kappa shape index (κ2) is 7.09. The molecule has 0 amide bonds. The molecule has 0 unspecified atom stereocenters. The lowest BCUT2D eigenvalue weighted by molar-refractivity contribution is -0.478. The Labute approximate surface area is 149 Å². The van der Waals surface area contributed by atoms with Gasteiger partial charge in [0.15, 0.2) is 0 Å². The SMILES string of the molecule is COC(=O)[C@@H]1[C@H](C)C(=[N+](C)C)N1C(c1ccccc1)c1ccccc1. The van der Waals surface area contributed by atoms with Gasteiger partial charge in [0, 0.05) is 11.1 Å². The van der Waals surface area contributed by atoms with Crippen molar-refractivity contribution in [3.63, 3.8) is 0 Å². The van der Waals surface area contributed by atoms with Crippen LogP contribution in [0, 0.1) is 5.92 Å². The fourth-order valence-electron chi connectivity index (χ4n) is 3.83. The third-order valence-corrected chi connectivity index (χ3v) is 4.85. The topological polar surface area (TPSA) is 32.6 Å². The van der Waals surface area contributed by atoms with E-state index in [1.807, 2.05) is 50.5 Å². The van der Waals surface area contributed by atoms with Gasteiger partial charge in [-0.2, -0.15) is 0 Å². The number of carbonyl (C=O) groups is 1. The molecule has 0 N–H and O–H groups in total. The van der Waals surface area contributed by atoms with Crippen molar-refractivity contribution in [1.29, 1.82) is 0 Å². The predicted octanol–water partition coefficient (Wildman–Crippen LogP) is 2.94. The number of rotatable bonds is 4. The van der Waals surface area contributed by atoms with Crippen LogP contribution in [0.25, 0.3) is 0 Å². The van der Waals surface area contributed by atoms with E-state index < -0.39 is 0 Å². The van der Waals surface area contributed by atoms with Gasteiger partial charge in [-0.3, -0.25) is 4.58 Å². The molecule has 0 aliphatic carbocycles. The van der Waals surface area contributed by atoms with Crippen molar-refractivity contribution in [2.45, 2.75) is 19.0 Å². The van der Waals surface area contributed by atoms with Crippen molar-refractivity contribution in [2.24, 2.45) is 5.92 Å². The number of benzene rings is 2. The maximum Gasteiger partial charge on any atom is 0.352 e. The minimum atomic E-state index is -0.284. The minimum Gasteiger partial charge on any atom is -0.466 e. The number of hydrogen-bond donors (Lipinski definition) is 0. The van der Waals surface area contributed by atoms with Crippen LogP contribution in [-0.4, -0.2) is 48.5 Å². The van der Waals surface area contributed by atoms with E-state index in [0.29, 0.717) is 0 Å². The number of esters is 1. The maximum absolute atomic E-state index is 12.5. The van der Waals surface area contributed by atoms with Crippen molar-refractivity contribution in [1.82, 2.24) is 4.90 Å². The van der Waals surface area contributed by atoms with Crippen LogP contribution in [0.5, 0.6) is 0 Å². The second-order valence-electron chi connectivity index (χ2n) is 6.64. The summed E-state index contributed by atoms with van der Waals surface area (Å²) >= 11 is 0. The predicted molar refractivity (Wildman–Crippen MR) is 98.6 cm³/mol. The molecule has 2 atom stereocenters. The molecule has 1 saturated heterocycles. The molecule has 2 aromatic carbocycles. The summed E-state index contributed by atoms with van der Waals surface area (Å²) in [5, 5.41) is 0. The Hall–Kier alpha value is -2.62. The normalized spacial score (nSPS) is 19.6. The van der Waals surface area contributed by atoms with Crippen molar-refractivity contribution in [3.8, 4) is 0 Å². The Bertz CT molecular complexity index is 727. The molecule has 4 nitrogen and oxygen atoms in total. The summed E-state index contributed by atoms with van der Waals surface area (Å²) in [5.74, 6) is 1.08. The summed E-state index contributed by atoms with van der Waals surface area (Å²) in [6.45, 7) is 2.08. The summed E-state index contributed by atoms with van der Waals surface area (Å²) in [4.78, 5) is 14.7. The van der Waals surface area contributed by atoms with Gasteiger partial charge >= 0.3 is 5.97 Å². The molecule has 0 saturated carbocycles. The Balaban J connectivity index is 2.14. The molecule has 1 fully saturated rings. The summed E-state index contributed by atoms with van der Waals surface area (Å²) in [6, 6.07) is 20.3. The van der Waals surface area contributed by atoms with Crippen molar-refractivity contribution in [3.05, 3.63) is 71.8 Å². The average Bonchev–Trinajstić information content (AvgIpc) is 2.62. The monoisotopic (exact) mass is 337 g/mol. The Kier molecular flexibility index (Phi) is 4.88. The minimum absolute atomic E-state index is 0.0277. The van der Waals surface area contributed by atoms with Gasteiger partial charge in [-0.25, -0.2) is 9.69 Å². The molecular weight excluding hydrogens is 312 g/mol. The number of likely N-dealkylation sites (tertiary alicyclic amines) is 1. The standard InChI is InChI=1S/C21H25N2O2/c1-15-18(21(24)25-4)23(20(15)22(2)3)19(16-11-7-5-8-12-16)17-13-9-6-10-14-17/h5-15,18-19H,1-4H3/q+1/t15-,18-/m0/s1. The van der Waals surface area contributed by atoms with Crippen LogP contribution < -0.4 is 0 Å². The van der Waals surface area contributed by atoms with E-state index in [1.54, 1.807) is 0 Å². The first-order valence-corrected chi connectivity index (χ1v) is 8.56. The highest BCUT2D eigenvalue weighted by Crippen LogP contribution is 2.40. The fourth-order valence-corrected chi connectivity index (χ4v) is 3.83. The van der Waals surface area contributed by atoms with Crippen LogP contribution in [0.1, 0.15) is 24.1 Å². The van der Waals surface area contributed by atoms with E-state index in [0.717, 1.165) is 17.0 Å². The number of ether oxygens (including phenoxy) is 1. The van der Waals surface area contributed by atoms with Gasteiger partial charge in [0.25, 0.3) is 5.84 Å². The number of amidine groups is 1. The molecule has 0 bridgehead atoms. The third kappa shape index (κ3) is 3.04. The molecule has 0 aromatic heterocycles. The van der Waals surface area contributed by atoms with E-state index in [1.165, 1.54) is 7.11 Å². The van der Waals surface area contributed by atoms with Gasteiger partial charge in [-0.1, -0.05) is 60.7 Å². The van der Waals surface area contributed by atoms with Gasteiger partial charge in [0.1, 0.15) is 12.0 Å². The van der Waals surface area contributed by atoms with Crippen LogP contribution in [0.15, 0.2) is 60.7 Å². The molecule has 0 radical (unpaired) electrons. The van der Waals surface area contributed by atoms with Crippen LogP contribution >= 0.6 is 0 Å². The average molecular weight is 337 g/mol. The van der Waals surface area contributed by atoms with Gasteiger partial charge in [0.2, 0.25) is 6.04 Å². The highest BCUT2D eigenvalue weighted by Gasteiger charge is 2.58. The number of carbonyl (C=O) groups excluding carboxylic acids is 1. The Morgan fingerprint density at radius 1 is 1.00 bits per heavy atom. The lowest BCUT2D eigenvalue weighted by atomic mass is 9.82. The molecule has 1 heterocycles. The summed E-state index contributed by atoms with van der Waals surface area (Å²) in [5.41, 5.74) is 2.32. The van der Waals surface area contributed by atoms with Gasteiger partial charge in [0.05, 0.1) is 21.2 Å². The molecule has 0 spiro atoms. The number of nitrogens with zero attached hydrogens (tertiary/aromatic N) is 2. The molecule has 130 valence electrons. The van der Waals surface area contributed by atoms with Crippen molar-refractivity contribution < 1.29 is 14.1 Å². The maximum atomic E-state index is 12.5. The highest BCUT2D eigenvalue weighted by molar-refractivity contribution is 5.98. The van der Waals surface area contributed by atoms with Gasteiger partial charge < -0.3 is 4.74 Å². The molecule has 1 aliphatic heterocycles. The van der Waals surface area contributed by atoms with E-state index in [9.17, 15) is 4.79 Å². The first-order valence-electron chi connectivity index (χ1n) is 8.56. The lowest BCUT2D eigenvalue weighted by Gasteiger charge is -2.45. The van der Waals surface area contributed by atoms with Crippen molar-refractivity contribution in [2.75, 3.05) is 21.2 Å². The second-order valence-corrected chi connectivity index (χ2v) is 6.64. The third-order valence-electron chi connectivity index (χ3n) is 4.85. The van der Waals surface area contributed by atoms with Crippen LogP contribution in [0.2, 0.25) is 0 Å². The van der Waals surface area contributed by atoms with Gasteiger partial charge in [-0.05, 0) is 6.92 Å². The molecule has 25 heavy (non-hydrogen) atoms. The zero-order valence-corrected chi connectivity index (χ0v) is 15.2. The largest absolute Gasteiger partial charge is 0.466 e. The number of methoxy groups -OCH3 is 1. The molecule has 4 heteroatoms. The van der Waals surface area contributed by atoms with E-state index in [-0.39, 0.29) is 24.0 Å². The van der Waals surface area contributed by atoms with Crippen molar-refractivity contribution >= 4 is 11.8 Å². The Morgan fingerprint density at radius 2 is 1.48 bits per heavy atom. The van der Waals surface area contributed by atoms with Gasteiger partial charge in [-0.15, -0.1) is 0 Å². The van der Waals surface area contributed by atoms with Crippen LogP contribution in [0.4, 0.5) is 0 Å². The first kappa shape index (κ1) is 17.2. The molecule has 2 aromatic rings. The molecule has 1 aliphatic rings. The van der Waals surface area contributed by atoms with E-state index in [2.05, 4.69) is 40.7 Å². The molecule has 3 rings (SSSR count). The zero-order valence-electron chi connectivity index (χ0n) is 15.2. The summed E-state index contributed by atoms with van der Waals surface area (Å²) < 4.78 is 7.19. The quantitative estimate of drug-likeness (QED) is 0.635. The van der Waals surface area contributed by atoms with Crippen LogP contribution in [0.3, 0.4) is 0 Å². The van der Waals surface area contributed by atoms with Crippen LogP contribution in [-0.2, 0) is 9.53 Å².